The van der Waals surface area contributed by atoms with Crippen molar-refractivity contribution in [3.63, 3.8) is 0 Å². The van der Waals surface area contributed by atoms with Crippen LogP contribution in [0.5, 0.6) is 5.75 Å². The normalized spacial score (nSPS) is 12.9. The summed E-state index contributed by atoms with van der Waals surface area (Å²) in [5.41, 5.74) is 5.98. The fourth-order valence-corrected chi connectivity index (χ4v) is 2.86. The van der Waals surface area contributed by atoms with Gasteiger partial charge in [0.05, 0.1) is 17.6 Å². The predicted octanol–water partition coefficient (Wildman–Crippen LogP) is 2.53. The zero-order valence-electron chi connectivity index (χ0n) is 15.9. The molecule has 1 aliphatic rings. The molecular weight excluding hydrogens is 378 g/mol. The quantitative estimate of drug-likeness (QED) is 0.313. The highest BCUT2D eigenvalue weighted by Crippen LogP contribution is 2.29. The number of benzene rings is 2. The second-order valence-corrected chi connectivity index (χ2v) is 6.71. The van der Waals surface area contributed by atoms with Crippen molar-refractivity contribution in [3.8, 4) is 5.75 Å². The number of amides is 1. The van der Waals surface area contributed by atoms with E-state index in [9.17, 15) is 19.7 Å². The van der Waals surface area contributed by atoms with Gasteiger partial charge in [0.2, 0.25) is 0 Å². The monoisotopic (exact) mass is 399 g/mol. The van der Waals surface area contributed by atoms with Gasteiger partial charge in [-0.05, 0) is 42.7 Å². The van der Waals surface area contributed by atoms with E-state index in [1.54, 1.807) is 12.0 Å². The fourth-order valence-electron chi connectivity index (χ4n) is 2.86. The summed E-state index contributed by atoms with van der Waals surface area (Å²) in [4.78, 5) is 36.8. The number of hydrogen-bond donors (Lipinski definition) is 1. The van der Waals surface area contributed by atoms with Gasteiger partial charge in [0.1, 0.15) is 11.4 Å². The Labute approximate surface area is 167 Å². The summed E-state index contributed by atoms with van der Waals surface area (Å²) in [7, 11) is 1.58. The van der Waals surface area contributed by atoms with Crippen LogP contribution in [0.2, 0.25) is 0 Å². The summed E-state index contributed by atoms with van der Waals surface area (Å²) in [6, 6.07) is 11.1. The number of methoxy groups -OCH3 is 1. The zero-order valence-corrected chi connectivity index (χ0v) is 15.9. The zero-order chi connectivity index (χ0) is 21.0. The molecule has 1 amide bonds. The van der Waals surface area contributed by atoms with Gasteiger partial charge in [0, 0.05) is 18.7 Å². The molecule has 2 N–H and O–H groups in total. The number of anilines is 1. The highest BCUT2D eigenvalue weighted by molar-refractivity contribution is 5.92. The number of nitro benzene ring substituents is 1. The predicted molar refractivity (Wildman–Crippen MR) is 104 cm³/mol. The molecule has 152 valence electrons. The lowest BCUT2D eigenvalue weighted by atomic mass is 10.2. The second kappa shape index (κ2) is 8.59. The van der Waals surface area contributed by atoms with Crippen LogP contribution in [0.4, 0.5) is 11.4 Å². The Balaban J connectivity index is 1.62. The summed E-state index contributed by atoms with van der Waals surface area (Å²) in [6.45, 7) is -0.0396. The number of esters is 1. The summed E-state index contributed by atoms with van der Waals surface area (Å²) in [5.74, 6) is -0.409. The number of nitro groups is 1. The molecule has 0 aliphatic heterocycles. The summed E-state index contributed by atoms with van der Waals surface area (Å²) >= 11 is 0. The molecule has 0 radical (unpaired) electrons. The van der Waals surface area contributed by atoms with E-state index in [0.29, 0.717) is 6.54 Å². The van der Waals surface area contributed by atoms with Gasteiger partial charge in [0.15, 0.2) is 6.61 Å². The Morgan fingerprint density at radius 2 is 1.90 bits per heavy atom. The van der Waals surface area contributed by atoms with Crippen LogP contribution in [-0.2, 0) is 16.1 Å². The number of ether oxygens (including phenoxy) is 2. The number of nitrogens with two attached hydrogens (primary N) is 1. The minimum atomic E-state index is -0.818. The molecule has 3 rings (SSSR count). The van der Waals surface area contributed by atoms with Gasteiger partial charge in [-0.3, -0.25) is 14.9 Å². The fraction of sp³-hybridized carbons (Fsp3) is 0.300. The lowest BCUT2D eigenvalue weighted by Gasteiger charge is -2.22. The Morgan fingerprint density at radius 3 is 2.48 bits per heavy atom. The smallest absolute Gasteiger partial charge is 0.338 e. The minimum absolute atomic E-state index is 0.0353. The molecule has 0 saturated heterocycles. The van der Waals surface area contributed by atoms with Crippen molar-refractivity contribution in [2.24, 2.45) is 0 Å². The highest BCUT2D eigenvalue weighted by Gasteiger charge is 2.33. The van der Waals surface area contributed by atoms with Gasteiger partial charge in [-0.25, -0.2) is 4.79 Å². The van der Waals surface area contributed by atoms with Crippen molar-refractivity contribution in [1.82, 2.24) is 4.90 Å². The third-order valence-corrected chi connectivity index (χ3v) is 4.61. The van der Waals surface area contributed by atoms with Crippen molar-refractivity contribution in [2.45, 2.75) is 25.4 Å². The van der Waals surface area contributed by atoms with Crippen molar-refractivity contribution in [3.05, 3.63) is 63.7 Å². The molecule has 2 aromatic carbocycles. The molecule has 1 aliphatic carbocycles. The number of nitrogen functional groups attached to an aromatic ring is 1. The molecule has 0 spiro atoms. The molecule has 9 heteroatoms. The van der Waals surface area contributed by atoms with Crippen LogP contribution in [0.3, 0.4) is 0 Å². The number of carbonyl (C=O) groups is 2. The molecule has 29 heavy (non-hydrogen) atoms. The first kappa shape index (κ1) is 20.1. The van der Waals surface area contributed by atoms with Crippen LogP contribution in [0.1, 0.15) is 28.8 Å². The number of carbonyl (C=O) groups excluding carboxylic acids is 2. The van der Waals surface area contributed by atoms with Crippen molar-refractivity contribution < 1.29 is 24.0 Å². The van der Waals surface area contributed by atoms with Crippen LogP contribution in [0, 0.1) is 10.1 Å². The molecule has 1 saturated carbocycles. The lowest BCUT2D eigenvalue weighted by Crippen LogP contribution is -2.36. The molecular formula is C20H21N3O6. The third-order valence-electron chi connectivity index (χ3n) is 4.61. The third kappa shape index (κ3) is 5.01. The van der Waals surface area contributed by atoms with E-state index in [2.05, 4.69) is 0 Å². The van der Waals surface area contributed by atoms with Crippen LogP contribution < -0.4 is 10.5 Å². The van der Waals surface area contributed by atoms with E-state index in [0.717, 1.165) is 30.2 Å². The highest BCUT2D eigenvalue weighted by atomic mass is 16.6. The first-order chi connectivity index (χ1) is 13.9. The van der Waals surface area contributed by atoms with Gasteiger partial charge in [-0.15, -0.1) is 0 Å². The first-order valence-electron chi connectivity index (χ1n) is 9.02. The Morgan fingerprint density at radius 1 is 1.21 bits per heavy atom. The lowest BCUT2D eigenvalue weighted by molar-refractivity contribution is -0.383. The largest absolute Gasteiger partial charge is 0.497 e. The van der Waals surface area contributed by atoms with E-state index in [-0.39, 0.29) is 28.9 Å². The number of rotatable bonds is 8. The van der Waals surface area contributed by atoms with E-state index >= 15 is 0 Å². The topological polar surface area (TPSA) is 125 Å². The van der Waals surface area contributed by atoms with E-state index in [1.807, 2.05) is 24.3 Å². The van der Waals surface area contributed by atoms with Crippen LogP contribution in [0.15, 0.2) is 42.5 Å². The second-order valence-electron chi connectivity index (χ2n) is 6.71. The number of hydrogen-bond acceptors (Lipinski definition) is 7. The van der Waals surface area contributed by atoms with Crippen LogP contribution in [0.25, 0.3) is 0 Å². The molecule has 9 nitrogen and oxygen atoms in total. The molecule has 0 atom stereocenters. The maximum atomic E-state index is 12.6. The maximum absolute atomic E-state index is 12.6. The minimum Gasteiger partial charge on any atom is -0.497 e. The average Bonchev–Trinajstić information content (AvgIpc) is 3.55. The maximum Gasteiger partial charge on any atom is 0.338 e. The molecule has 0 heterocycles. The Kier molecular flexibility index (Phi) is 5.96. The summed E-state index contributed by atoms with van der Waals surface area (Å²) < 4.78 is 10.2. The molecule has 0 unspecified atom stereocenters. The van der Waals surface area contributed by atoms with Crippen molar-refractivity contribution in [1.29, 1.82) is 0 Å². The summed E-state index contributed by atoms with van der Waals surface area (Å²) in [5, 5.41) is 11.0. The van der Waals surface area contributed by atoms with Gasteiger partial charge >= 0.3 is 5.97 Å². The van der Waals surface area contributed by atoms with Crippen LogP contribution in [-0.4, -0.2) is 41.5 Å². The summed E-state index contributed by atoms with van der Waals surface area (Å²) in [6.07, 6.45) is 1.81. The molecule has 0 bridgehead atoms. The molecule has 0 aromatic heterocycles. The number of nitrogens with zero attached hydrogens (tertiary/aromatic N) is 2. The SMILES string of the molecule is COc1ccc(CN(C(=O)COC(=O)c2ccc(N)c([N+](=O)[O-])c2)C2CC2)cc1. The Bertz CT molecular complexity index is 924. The van der Waals surface area contributed by atoms with Gasteiger partial charge in [0.25, 0.3) is 11.6 Å². The molecule has 2 aromatic rings. The van der Waals surface area contributed by atoms with Gasteiger partial charge in [-0.2, -0.15) is 0 Å². The standard InChI is InChI=1S/C20H21N3O6/c1-28-16-7-2-13(3-8-16)11-22(15-5-6-15)19(24)12-29-20(25)14-4-9-17(21)18(10-14)23(26)27/h2-4,7-10,15H,5-6,11-12,21H2,1H3. The van der Waals surface area contributed by atoms with Crippen molar-refractivity contribution in [2.75, 3.05) is 19.5 Å². The molecule has 1 fully saturated rings. The average molecular weight is 399 g/mol. The van der Waals surface area contributed by atoms with E-state index in [4.69, 9.17) is 15.2 Å². The Hall–Kier alpha value is -3.62. The first-order valence-corrected chi connectivity index (χ1v) is 9.02. The van der Waals surface area contributed by atoms with Gasteiger partial charge < -0.3 is 20.1 Å². The van der Waals surface area contributed by atoms with Crippen molar-refractivity contribution >= 4 is 23.3 Å². The van der Waals surface area contributed by atoms with Crippen LogP contribution >= 0.6 is 0 Å². The van der Waals surface area contributed by atoms with E-state index < -0.39 is 17.5 Å². The van der Waals surface area contributed by atoms with Gasteiger partial charge in [-0.1, -0.05) is 12.1 Å². The van der Waals surface area contributed by atoms with E-state index in [1.165, 1.54) is 12.1 Å².